The fraction of sp³-hybridized carbons (Fsp3) is 0.667. The first kappa shape index (κ1) is 24.2. The van der Waals surface area contributed by atoms with Crippen molar-refractivity contribution in [2.45, 2.75) is 77.4 Å². The van der Waals surface area contributed by atoms with Gasteiger partial charge in [-0.15, -0.1) is 0 Å². The molecule has 1 aliphatic heterocycles. The summed E-state index contributed by atoms with van der Waals surface area (Å²) in [6.07, 6.45) is 7.84. The number of likely N-dealkylation sites (tertiary alicyclic amines) is 1. The minimum absolute atomic E-state index is 0.252. The highest BCUT2D eigenvalue weighted by Gasteiger charge is 2.17. The molecule has 0 bridgehead atoms. The van der Waals surface area contributed by atoms with E-state index >= 15 is 0 Å². The van der Waals surface area contributed by atoms with Gasteiger partial charge in [-0.25, -0.2) is 4.79 Å². The zero-order valence-corrected chi connectivity index (χ0v) is 18.4. The number of hydrogen-bond acceptors (Lipinski definition) is 5. The summed E-state index contributed by atoms with van der Waals surface area (Å²) >= 11 is 0. The Bertz CT molecular complexity index is 602. The Morgan fingerprint density at radius 2 is 1.83 bits per heavy atom. The molecule has 0 unspecified atom stereocenters. The monoisotopic (exact) mass is 418 g/mol. The molecule has 1 fully saturated rings. The number of amides is 1. The van der Waals surface area contributed by atoms with Gasteiger partial charge in [-0.1, -0.05) is 56.5 Å². The van der Waals surface area contributed by atoms with Gasteiger partial charge in [0.05, 0.1) is 0 Å². The normalized spacial score (nSPS) is 15.0. The van der Waals surface area contributed by atoms with E-state index in [4.69, 9.17) is 9.47 Å². The number of nitrogens with one attached hydrogen (secondary N) is 1. The molecule has 0 spiro atoms. The van der Waals surface area contributed by atoms with Crippen LogP contribution in [0.3, 0.4) is 0 Å². The maximum absolute atomic E-state index is 12.2. The standard InChI is InChI=1S/C24H38N2O4/c1-2-3-4-8-13-22(30-24(28)25-16-19-26-17-9-10-18-26)14-15-23(27)29-20-21-11-6-5-7-12-21/h5-7,11-12,22H,2-4,8-10,13-20H2,1H3,(H,25,28)/t22-/m0/s1. The number of nitrogens with zero attached hydrogens (tertiary/aromatic N) is 1. The number of esters is 1. The summed E-state index contributed by atoms with van der Waals surface area (Å²) < 4.78 is 11.0. The Hall–Kier alpha value is -2.08. The number of unbranched alkanes of at least 4 members (excludes halogenated alkanes) is 3. The van der Waals surface area contributed by atoms with Crippen LogP contribution in [0.2, 0.25) is 0 Å². The minimum atomic E-state index is -0.382. The van der Waals surface area contributed by atoms with Gasteiger partial charge in [0.25, 0.3) is 0 Å². The number of benzene rings is 1. The van der Waals surface area contributed by atoms with Crippen LogP contribution in [0.4, 0.5) is 4.79 Å². The third-order valence-corrected chi connectivity index (χ3v) is 5.46. The minimum Gasteiger partial charge on any atom is -0.461 e. The van der Waals surface area contributed by atoms with Gasteiger partial charge in [0.2, 0.25) is 0 Å². The van der Waals surface area contributed by atoms with E-state index in [1.165, 1.54) is 19.3 Å². The summed E-state index contributed by atoms with van der Waals surface area (Å²) in [5.74, 6) is -0.254. The molecule has 1 aliphatic rings. The maximum Gasteiger partial charge on any atom is 0.407 e. The molecule has 6 nitrogen and oxygen atoms in total. The predicted molar refractivity (Wildman–Crippen MR) is 118 cm³/mol. The highest BCUT2D eigenvalue weighted by Crippen LogP contribution is 2.14. The van der Waals surface area contributed by atoms with Crippen LogP contribution in [0.15, 0.2) is 30.3 Å². The van der Waals surface area contributed by atoms with Crippen molar-refractivity contribution in [3.63, 3.8) is 0 Å². The van der Waals surface area contributed by atoms with Crippen molar-refractivity contribution in [1.82, 2.24) is 10.2 Å². The largest absolute Gasteiger partial charge is 0.461 e. The molecule has 0 saturated carbocycles. The zero-order valence-electron chi connectivity index (χ0n) is 18.4. The van der Waals surface area contributed by atoms with Crippen LogP contribution >= 0.6 is 0 Å². The highest BCUT2D eigenvalue weighted by atomic mass is 16.6. The molecule has 168 valence electrons. The average molecular weight is 419 g/mol. The lowest BCUT2D eigenvalue weighted by molar-refractivity contribution is -0.145. The SMILES string of the molecule is CCCCCC[C@@H](CCC(=O)OCc1ccccc1)OC(=O)NCCN1CCCC1. The van der Waals surface area contributed by atoms with Gasteiger partial charge in [0.15, 0.2) is 0 Å². The Labute approximate surface area is 181 Å². The van der Waals surface area contributed by atoms with Gasteiger partial charge >= 0.3 is 12.1 Å². The van der Waals surface area contributed by atoms with E-state index < -0.39 is 0 Å². The van der Waals surface area contributed by atoms with Crippen molar-refractivity contribution >= 4 is 12.1 Å². The van der Waals surface area contributed by atoms with Gasteiger partial charge in [0, 0.05) is 19.5 Å². The van der Waals surface area contributed by atoms with Crippen LogP contribution < -0.4 is 5.32 Å². The quantitative estimate of drug-likeness (QED) is 0.351. The average Bonchev–Trinajstić information content (AvgIpc) is 3.27. The molecule has 30 heavy (non-hydrogen) atoms. The molecule has 1 atom stereocenters. The fourth-order valence-electron chi connectivity index (χ4n) is 3.67. The van der Waals surface area contributed by atoms with Crippen LogP contribution in [0.1, 0.15) is 70.3 Å². The van der Waals surface area contributed by atoms with Crippen molar-refractivity contribution < 1.29 is 19.1 Å². The molecule has 1 aromatic rings. The first-order valence-electron chi connectivity index (χ1n) is 11.5. The number of hydrogen-bond donors (Lipinski definition) is 1. The molecule has 1 aromatic carbocycles. The summed E-state index contributed by atoms with van der Waals surface area (Å²) in [4.78, 5) is 26.7. The van der Waals surface area contributed by atoms with Crippen LogP contribution in [-0.4, -0.2) is 49.2 Å². The van der Waals surface area contributed by atoms with Gasteiger partial charge in [-0.2, -0.15) is 0 Å². The highest BCUT2D eigenvalue weighted by molar-refractivity contribution is 5.70. The van der Waals surface area contributed by atoms with Crippen LogP contribution in [0.5, 0.6) is 0 Å². The van der Waals surface area contributed by atoms with Gasteiger partial charge in [0.1, 0.15) is 12.7 Å². The predicted octanol–water partition coefficient (Wildman–Crippen LogP) is 4.67. The third-order valence-electron chi connectivity index (χ3n) is 5.46. The lowest BCUT2D eigenvalue weighted by Gasteiger charge is -2.19. The van der Waals surface area contributed by atoms with Crippen LogP contribution in [-0.2, 0) is 20.9 Å². The topological polar surface area (TPSA) is 67.9 Å². The number of carbonyl (C=O) groups excluding carboxylic acids is 2. The Morgan fingerprint density at radius 1 is 1.07 bits per heavy atom. The molecule has 1 heterocycles. The molecule has 0 aromatic heterocycles. The first-order valence-corrected chi connectivity index (χ1v) is 11.5. The van der Waals surface area contributed by atoms with E-state index in [0.717, 1.165) is 50.9 Å². The molecule has 0 aliphatic carbocycles. The molecular formula is C24H38N2O4. The molecule has 1 saturated heterocycles. The molecule has 1 amide bonds. The van der Waals surface area contributed by atoms with Crippen molar-refractivity contribution in [2.24, 2.45) is 0 Å². The Balaban J connectivity index is 1.69. The maximum atomic E-state index is 12.2. The van der Waals surface area contributed by atoms with Crippen molar-refractivity contribution in [3.05, 3.63) is 35.9 Å². The fourth-order valence-corrected chi connectivity index (χ4v) is 3.67. The lowest BCUT2D eigenvalue weighted by Crippen LogP contribution is -2.35. The lowest BCUT2D eigenvalue weighted by atomic mass is 10.1. The number of rotatable bonds is 14. The summed E-state index contributed by atoms with van der Waals surface area (Å²) in [7, 11) is 0. The van der Waals surface area contributed by atoms with Gasteiger partial charge in [-0.05, 0) is 50.8 Å². The Morgan fingerprint density at radius 3 is 2.57 bits per heavy atom. The molecule has 1 N–H and O–H groups in total. The smallest absolute Gasteiger partial charge is 0.407 e. The van der Waals surface area contributed by atoms with Crippen LogP contribution in [0.25, 0.3) is 0 Å². The van der Waals surface area contributed by atoms with Crippen molar-refractivity contribution in [1.29, 1.82) is 0 Å². The summed E-state index contributed by atoms with van der Waals surface area (Å²) in [5, 5.41) is 2.86. The van der Waals surface area contributed by atoms with E-state index in [2.05, 4.69) is 17.1 Å². The zero-order chi connectivity index (χ0) is 21.4. The molecule has 2 rings (SSSR count). The number of alkyl carbamates (subject to hydrolysis) is 1. The second-order valence-corrected chi connectivity index (χ2v) is 8.04. The van der Waals surface area contributed by atoms with Crippen molar-refractivity contribution in [3.8, 4) is 0 Å². The van der Waals surface area contributed by atoms with Gasteiger partial charge in [-0.3, -0.25) is 4.79 Å². The Kier molecular flexibility index (Phi) is 12.0. The first-order chi connectivity index (χ1) is 14.7. The number of ether oxygens (including phenoxy) is 2. The molecular weight excluding hydrogens is 380 g/mol. The molecule has 6 heteroatoms. The second-order valence-electron chi connectivity index (χ2n) is 8.04. The summed E-state index contributed by atoms with van der Waals surface area (Å²) in [6, 6.07) is 9.64. The van der Waals surface area contributed by atoms with E-state index in [1.54, 1.807) is 0 Å². The third kappa shape index (κ3) is 10.6. The molecule has 0 radical (unpaired) electrons. The summed E-state index contributed by atoms with van der Waals surface area (Å²) in [5.41, 5.74) is 0.968. The summed E-state index contributed by atoms with van der Waals surface area (Å²) in [6.45, 7) is 6.13. The van der Waals surface area contributed by atoms with E-state index in [0.29, 0.717) is 13.0 Å². The van der Waals surface area contributed by atoms with E-state index in [1.807, 2.05) is 30.3 Å². The van der Waals surface area contributed by atoms with E-state index in [9.17, 15) is 9.59 Å². The second kappa shape index (κ2) is 14.8. The van der Waals surface area contributed by atoms with Crippen molar-refractivity contribution in [2.75, 3.05) is 26.2 Å². The van der Waals surface area contributed by atoms with E-state index in [-0.39, 0.29) is 31.2 Å². The van der Waals surface area contributed by atoms with Gasteiger partial charge < -0.3 is 19.7 Å². The number of carbonyl (C=O) groups is 2. The van der Waals surface area contributed by atoms with Crippen LogP contribution in [0, 0.1) is 0 Å².